The molecule has 2 amide bonds. The maximum Gasteiger partial charge on any atom is 0.293 e. The van der Waals surface area contributed by atoms with Crippen molar-refractivity contribution in [3.63, 3.8) is 0 Å². The highest BCUT2D eigenvalue weighted by Gasteiger charge is 2.23. The van der Waals surface area contributed by atoms with Crippen LogP contribution in [0.4, 0.5) is 11.4 Å². The van der Waals surface area contributed by atoms with E-state index in [0.717, 1.165) is 0 Å². The van der Waals surface area contributed by atoms with E-state index in [2.05, 4.69) is 10.6 Å². The summed E-state index contributed by atoms with van der Waals surface area (Å²) in [6.45, 7) is -0.278. The van der Waals surface area contributed by atoms with E-state index in [4.69, 9.17) is 18.6 Å². The van der Waals surface area contributed by atoms with Crippen molar-refractivity contribution in [3.05, 3.63) is 78.6 Å². The second kappa shape index (κ2) is 9.78. The Kier molecular flexibility index (Phi) is 6.45. The van der Waals surface area contributed by atoms with Gasteiger partial charge < -0.3 is 29.3 Å². The van der Waals surface area contributed by atoms with Crippen LogP contribution in [-0.2, 0) is 4.79 Å². The first-order chi connectivity index (χ1) is 16.1. The molecule has 0 radical (unpaired) electrons. The van der Waals surface area contributed by atoms with Crippen molar-refractivity contribution in [2.24, 2.45) is 0 Å². The molecule has 8 heteroatoms. The fraction of sp³-hybridized carbons (Fsp3) is 0.120. The SMILES string of the molecule is COc1ccc(NC(=O)c2oc3ccccc3c2NC(=O)COc2ccccc2OC)cc1. The quantitative estimate of drug-likeness (QED) is 0.406. The van der Waals surface area contributed by atoms with Crippen molar-refractivity contribution < 1.29 is 28.2 Å². The molecule has 0 aliphatic heterocycles. The van der Waals surface area contributed by atoms with E-state index in [-0.39, 0.29) is 18.1 Å². The summed E-state index contributed by atoms with van der Waals surface area (Å²) in [6, 6.07) is 21.0. The second-order valence-electron chi connectivity index (χ2n) is 6.97. The summed E-state index contributed by atoms with van der Waals surface area (Å²) in [5, 5.41) is 6.12. The van der Waals surface area contributed by atoms with E-state index in [1.54, 1.807) is 79.9 Å². The van der Waals surface area contributed by atoms with Crippen LogP contribution in [0.2, 0.25) is 0 Å². The van der Waals surface area contributed by atoms with Crippen molar-refractivity contribution in [2.75, 3.05) is 31.5 Å². The molecule has 0 aliphatic rings. The fourth-order valence-corrected chi connectivity index (χ4v) is 3.25. The summed E-state index contributed by atoms with van der Waals surface area (Å²) in [7, 11) is 3.09. The van der Waals surface area contributed by atoms with E-state index < -0.39 is 11.8 Å². The molecule has 4 rings (SSSR count). The van der Waals surface area contributed by atoms with Crippen LogP contribution < -0.4 is 24.8 Å². The Hall–Kier alpha value is -4.46. The zero-order valence-electron chi connectivity index (χ0n) is 18.1. The number of methoxy groups -OCH3 is 2. The van der Waals surface area contributed by atoms with Crippen molar-refractivity contribution in [1.29, 1.82) is 0 Å². The van der Waals surface area contributed by atoms with Gasteiger partial charge in [-0.05, 0) is 48.5 Å². The summed E-state index contributed by atoms with van der Waals surface area (Å²) in [5.41, 5.74) is 1.29. The molecule has 4 aromatic rings. The number of ether oxygens (including phenoxy) is 3. The Balaban J connectivity index is 1.54. The molecule has 2 N–H and O–H groups in total. The number of rotatable bonds is 8. The Morgan fingerprint density at radius 1 is 0.818 bits per heavy atom. The van der Waals surface area contributed by atoms with Crippen LogP contribution in [-0.4, -0.2) is 32.6 Å². The number of anilines is 2. The molecular formula is C25H22N2O6. The van der Waals surface area contributed by atoms with Crippen LogP contribution in [0.25, 0.3) is 11.0 Å². The lowest BCUT2D eigenvalue weighted by Gasteiger charge is -2.11. The largest absolute Gasteiger partial charge is 0.497 e. The summed E-state index contributed by atoms with van der Waals surface area (Å²) in [5.74, 6) is 0.643. The Morgan fingerprint density at radius 3 is 2.24 bits per heavy atom. The molecule has 8 nitrogen and oxygen atoms in total. The average Bonchev–Trinajstić information content (AvgIpc) is 3.22. The van der Waals surface area contributed by atoms with Crippen LogP contribution in [0.5, 0.6) is 17.2 Å². The number of benzene rings is 3. The van der Waals surface area contributed by atoms with E-state index in [0.29, 0.717) is 33.9 Å². The third kappa shape index (κ3) is 4.90. The molecule has 0 fully saturated rings. The lowest BCUT2D eigenvalue weighted by atomic mass is 10.2. The van der Waals surface area contributed by atoms with Crippen molar-refractivity contribution >= 4 is 34.2 Å². The first-order valence-electron chi connectivity index (χ1n) is 10.1. The number of furan rings is 1. The zero-order chi connectivity index (χ0) is 23.2. The molecule has 0 atom stereocenters. The molecule has 0 saturated carbocycles. The van der Waals surface area contributed by atoms with Gasteiger partial charge in [0.25, 0.3) is 11.8 Å². The molecule has 0 saturated heterocycles. The molecule has 0 bridgehead atoms. The van der Waals surface area contributed by atoms with Crippen molar-refractivity contribution in [2.45, 2.75) is 0 Å². The molecule has 168 valence electrons. The average molecular weight is 446 g/mol. The van der Waals surface area contributed by atoms with Gasteiger partial charge in [-0.25, -0.2) is 0 Å². The third-order valence-electron chi connectivity index (χ3n) is 4.84. The molecule has 1 heterocycles. The number of carbonyl (C=O) groups is 2. The first-order valence-corrected chi connectivity index (χ1v) is 10.1. The molecule has 0 spiro atoms. The normalized spacial score (nSPS) is 10.5. The highest BCUT2D eigenvalue weighted by atomic mass is 16.5. The summed E-state index contributed by atoms with van der Waals surface area (Å²) in [4.78, 5) is 25.6. The molecule has 1 aromatic heterocycles. The minimum Gasteiger partial charge on any atom is -0.497 e. The monoisotopic (exact) mass is 446 g/mol. The van der Waals surface area contributed by atoms with E-state index in [9.17, 15) is 9.59 Å². The third-order valence-corrected chi connectivity index (χ3v) is 4.84. The number of fused-ring (bicyclic) bond motifs is 1. The molecule has 0 unspecified atom stereocenters. The van der Waals surface area contributed by atoms with E-state index in [1.165, 1.54) is 7.11 Å². The second-order valence-corrected chi connectivity index (χ2v) is 6.97. The van der Waals surface area contributed by atoms with Gasteiger partial charge in [0, 0.05) is 11.1 Å². The minimum atomic E-state index is -0.502. The number of hydrogen-bond acceptors (Lipinski definition) is 6. The highest BCUT2D eigenvalue weighted by molar-refractivity contribution is 6.14. The van der Waals surface area contributed by atoms with Gasteiger partial charge in [0.05, 0.1) is 14.2 Å². The maximum absolute atomic E-state index is 13.0. The van der Waals surface area contributed by atoms with Gasteiger partial charge in [0.1, 0.15) is 17.0 Å². The van der Waals surface area contributed by atoms with Crippen LogP contribution >= 0.6 is 0 Å². The van der Waals surface area contributed by atoms with Crippen molar-refractivity contribution in [3.8, 4) is 17.2 Å². The Morgan fingerprint density at radius 2 is 1.52 bits per heavy atom. The fourth-order valence-electron chi connectivity index (χ4n) is 3.25. The predicted molar refractivity (Wildman–Crippen MR) is 124 cm³/mol. The van der Waals surface area contributed by atoms with Crippen molar-refractivity contribution in [1.82, 2.24) is 0 Å². The van der Waals surface area contributed by atoms with E-state index in [1.807, 2.05) is 0 Å². The predicted octanol–water partition coefficient (Wildman–Crippen LogP) is 4.72. The number of para-hydroxylation sites is 3. The maximum atomic E-state index is 13.0. The van der Waals surface area contributed by atoms with Gasteiger partial charge in [-0.1, -0.05) is 24.3 Å². The van der Waals surface area contributed by atoms with Crippen LogP contribution in [0, 0.1) is 0 Å². The van der Waals surface area contributed by atoms with Gasteiger partial charge in [-0.3, -0.25) is 9.59 Å². The Bertz CT molecular complexity index is 1280. The minimum absolute atomic E-state index is 0.0161. The van der Waals surface area contributed by atoms with Gasteiger partial charge in [-0.2, -0.15) is 0 Å². The molecule has 0 aliphatic carbocycles. The van der Waals surface area contributed by atoms with E-state index >= 15 is 0 Å². The highest BCUT2D eigenvalue weighted by Crippen LogP contribution is 2.32. The van der Waals surface area contributed by atoms with Crippen LogP contribution in [0.1, 0.15) is 10.6 Å². The first kappa shape index (κ1) is 21.8. The van der Waals surface area contributed by atoms with Gasteiger partial charge in [0.2, 0.25) is 5.76 Å². The number of carbonyl (C=O) groups excluding carboxylic acids is 2. The topological polar surface area (TPSA) is 99.0 Å². The summed E-state index contributed by atoms with van der Waals surface area (Å²) >= 11 is 0. The van der Waals surface area contributed by atoms with Gasteiger partial charge in [-0.15, -0.1) is 0 Å². The smallest absolute Gasteiger partial charge is 0.293 e. The zero-order valence-corrected chi connectivity index (χ0v) is 18.1. The lowest BCUT2D eigenvalue weighted by Crippen LogP contribution is -2.22. The number of nitrogens with one attached hydrogen (secondary N) is 2. The molecular weight excluding hydrogens is 424 g/mol. The standard InChI is InChI=1S/C25H22N2O6/c1-30-17-13-11-16(12-14-17)26-25(29)24-23(18-7-3-4-8-19(18)33-24)27-22(28)15-32-21-10-6-5-9-20(21)31-2/h3-14H,15H2,1-2H3,(H,26,29)(H,27,28). The van der Waals surface area contributed by atoms with Gasteiger partial charge >= 0.3 is 0 Å². The van der Waals surface area contributed by atoms with Gasteiger partial charge in [0.15, 0.2) is 18.1 Å². The lowest BCUT2D eigenvalue weighted by molar-refractivity contribution is -0.118. The molecule has 33 heavy (non-hydrogen) atoms. The Labute approximate surface area is 190 Å². The molecule has 3 aromatic carbocycles. The summed E-state index contributed by atoms with van der Waals surface area (Å²) in [6.07, 6.45) is 0. The summed E-state index contributed by atoms with van der Waals surface area (Å²) < 4.78 is 21.7. The number of amides is 2. The van der Waals surface area contributed by atoms with Crippen LogP contribution in [0.3, 0.4) is 0 Å². The number of hydrogen-bond donors (Lipinski definition) is 2. The van der Waals surface area contributed by atoms with Crippen LogP contribution in [0.15, 0.2) is 77.2 Å².